The molecule has 0 heterocycles. The molecule has 2 amide bonds. The summed E-state index contributed by atoms with van der Waals surface area (Å²) in [5.41, 5.74) is 0. The molecule has 3 atom stereocenters. The summed E-state index contributed by atoms with van der Waals surface area (Å²) in [6.07, 6.45) is -0.410. The molecule has 0 spiro atoms. The molecule has 16 heavy (non-hydrogen) atoms. The maximum absolute atomic E-state index is 11.5. The van der Waals surface area contributed by atoms with Gasteiger partial charge in [-0.05, 0) is 18.3 Å². The van der Waals surface area contributed by atoms with Gasteiger partial charge in [-0.25, -0.2) is 9.59 Å². The van der Waals surface area contributed by atoms with Gasteiger partial charge in [0.25, 0.3) is 0 Å². The van der Waals surface area contributed by atoms with E-state index in [0.717, 1.165) is 6.42 Å². The van der Waals surface area contributed by atoms with E-state index in [9.17, 15) is 9.59 Å². The first-order chi connectivity index (χ1) is 7.41. The maximum Gasteiger partial charge on any atom is 0.334 e. The Morgan fingerprint density at radius 3 is 2.56 bits per heavy atom. The lowest BCUT2D eigenvalue weighted by molar-refractivity contribution is -0.146. The average Bonchev–Trinajstić information content (AvgIpc) is 2.89. The summed E-state index contributed by atoms with van der Waals surface area (Å²) in [5, 5.41) is 19.7. The van der Waals surface area contributed by atoms with Crippen LogP contribution in [-0.2, 0) is 4.79 Å². The Kier molecular flexibility index (Phi) is 4.12. The van der Waals surface area contributed by atoms with Crippen LogP contribution >= 0.6 is 0 Å². The van der Waals surface area contributed by atoms with Crippen molar-refractivity contribution in [2.24, 2.45) is 11.8 Å². The second kappa shape index (κ2) is 5.16. The van der Waals surface area contributed by atoms with Crippen LogP contribution < -0.4 is 5.32 Å². The van der Waals surface area contributed by atoms with Crippen molar-refractivity contribution < 1.29 is 19.8 Å². The van der Waals surface area contributed by atoms with Gasteiger partial charge >= 0.3 is 12.0 Å². The highest BCUT2D eigenvalue weighted by Crippen LogP contribution is 2.37. The van der Waals surface area contributed by atoms with E-state index in [4.69, 9.17) is 10.2 Å². The Balaban J connectivity index is 2.21. The predicted octanol–water partition coefficient (Wildman–Crippen LogP) is -0.271. The molecule has 0 aromatic carbocycles. The molecule has 3 N–H and O–H groups in total. The number of carbonyl (C=O) groups is 2. The summed E-state index contributed by atoms with van der Waals surface area (Å²) in [6, 6.07) is -0.348. The van der Waals surface area contributed by atoms with E-state index >= 15 is 0 Å². The Hall–Kier alpha value is -1.30. The number of rotatable bonds is 5. The van der Waals surface area contributed by atoms with Crippen LogP contribution in [0.3, 0.4) is 0 Å². The topological polar surface area (TPSA) is 89.9 Å². The lowest BCUT2D eigenvalue weighted by Gasteiger charge is -2.18. The fourth-order valence-electron chi connectivity index (χ4n) is 1.49. The molecule has 0 bridgehead atoms. The van der Waals surface area contributed by atoms with Crippen LogP contribution in [0.4, 0.5) is 4.79 Å². The van der Waals surface area contributed by atoms with E-state index < -0.39 is 12.1 Å². The lowest BCUT2D eigenvalue weighted by atomic mass is 10.3. The maximum atomic E-state index is 11.5. The zero-order valence-corrected chi connectivity index (χ0v) is 9.51. The molecule has 92 valence electrons. The Labute approximate surface area is 94.2 Å². The van der Waals surface area contributed by atoms with Crippen molar-refractivity contribution in [3.63, 3.8) is 0 Å². The minimum absolute atomic E-state index is 0.265. The number of urea groups is 1. The number of amides is 2. The third kappa shape index (κ3) is 3.69. The average molecular weight is 230 g/mol. The molecule has 6 nitrogen and oxygen atoms in total. The number of carbonyl (C=O) groups excluding carboxylic acids is 1. The molecule has 0 aromatic heterocycles. The Morgan fingerprint density at radius 1 is 1.56 bits per heavy atom. The molecule has 1 saturated carbocycles. The van der Waals surface area contributed by atoms with Crippen molar-refractivity contribution in [2.75, 3.05) is 20.1 Å². The third-order valence-electron chi connectivity index (χ3n) is 2.86. The van der Waals surface area contributed by atoms with E-state index in [1.54, 1.807) is 7.05 Å². The van der Waals surface area contributed by atoms with Gasteiger partial charge in [0, 0.05) is 13.6 Å². The molecule has 1 rings (SSSR count). The predicted molar refractivity (Wildman–Crippen MR) is 56.9 cm³/mol. The van der Waals surface area contributed by atoms with Crippen molar-refractivity contribution in [1.29, 1.82) is 0 Å². The molecule has 0 radical (unpaired) electrons. The minimum atomic E-state index is -1.54. The van der Waals surface area contributed by atoms with Crippen LogP contribution in [-0.4, -0.2) is 53.4 Å². The first-order valence-corrected chi connectivity index (χ1v) is 5.31. The van der Waals surface area contributed by atoms with Crippen LogP contribution in [0.2, 0.25) is 0 Å². The summed E-state index contributed by atoms with van der Waals surface area (Å²) in [6.45, 7) is 2.54. The molecule has 1 aliphatic carbocycles. The van der Waals surface area contributed by atoms with Crippen LogP contribution in [0, 0.1) is 11.8 Å². The molecule has 1 fully saturated rings. The van der Waals surface area contributed by atoms with Gasteiger partial charge in [0.15, 0.2) is 6.10 Å². The number of aliphatic hydroxyl groups excluding tert-OH is 1. The number of carboxylic acid groups (broad SMARTS) is 1. The number of hydrogen-bond donors (Lipinski definition) is 3. The highest BCUT2D eigenvalue weighted by atomic mass is 16.4. The molecular formula is C10H18N2O4. The van der Waals surface area contributed by atoms with E-state index in [2.05, 4.69) is 12.2 Å². The fraction of sp³-hybridized carbons (Fsp3) is 0.800. The quantitative estimate of drug-likeness (QED) is 0.606. The van der Waals surface area contributed by atoms with Gasteiger partial charge in [-0.1, -0.05) is 6.92 Å². The molecule has 0 aliphatic heterocycles. The van der Waals surface area contributed by atoms with Gasteiger partial charge in [-0.2, -0.15) is 0 Å². The minimum Gasteiger partial charge on any atom is -0.479 e. The highest BCUT2D eigenvalue weighted by molar-refractivity contribution is 5.76. The second-order valence-electron chi connectivity index (χ2n) is 4.39. The Morgan fingerprint density at radius 2 is 2.12 bits per heavy atom. The number of carboxylic acids is 1. The van der Waals surface area contributed by atoms with Crippen LogP contribution in [0.5, 0.6) is 0 Å². The zero-order valence-electron chi connectivity index (χ0n) is 9.51. The molecule has 3 unspecified atom stereocenters. The van der Waals surface area contributed by atoms with Gasteiger partial charge in [-0.3, -0.25) is 0 Å². The largest absolute Gasteiger partial charge is 0.479 e. The van der Waals surface area contributed by atoms with Crippen LogP contribution in [0.15, 0.2) is 0 Å². The summed E-state index contributed by atoms with van der Waals surface area (Å²) < 4.78 is 0. The van der Waals surface area contributed by atoms with Crippen molar-refractivity contribution >= 4 is 12.0 Å². The van der Waals surface area contributed by atoms with Gasteiger partial charge < -0.3 is 20.4 Å². The molecule has 6 heteroatoms. The first kappa shape index (κ1) is 12.8. The van der Waals surface area contributed by atoms with E-state index in [0.29, 0.717) is 18.4 Å². The molecular weight excluding hydrogens is 212 g/mol. The van der Waals surface area contributed by atoms with Crippen molar-refractivity contribution in [2.45, 2.75) is 19.4 Å². The number of aliphatic hydroxyl groups is 1. The lowest BCUT2D eigenvalue weighted by Crippen LogP contribution is -2.43. The standard InChI is InChI=1S/C10H18N2O4/c1-6-3-7(6)5-12(2)10(16)11-4-8(13)9(14)15/h6-8,13H,3-5H2,1-2H3,(H,11,16)(H,14,15). The summed E-state index contributed by atoms with van der Waals surface area (Å²) in [7, 11) is 1.66. The van der Waals surface area contributed by atoms with Crippen molar-refractivity contribution in [1.82, 2.24) is 10.2 Å². The Bertz CT molecular complexity index is 282. The number of nitrogens with zero attached hydrogens (tertiary/aromatic N) is 1. The van der Waals surface area contributed by atoms with Gasteiger partial charge in [0.05, 0.1) is 6.54 Å². The number of aliphatic carboxylic acids is 1. The smallest absolute Gasteiger partial charge is 0.334 e. The van der Waals surface area contributed by atoms with Crippen LogP contribution in [0.1, 0.15) is 13.3 Å². The van der Waals surface area contributed by atoms with Gasteiger partial charge in [0.2, 0.25) is 0 Å². The highest BCUT2D eigenvalue weighted by Gasteiger charge is 2.34. The number of hydrogen-bond acceptors (Lipinski definition) is 3. The SMILES string of the molecule is CC1CC1CN(C)C(=O)NCC(O)C(=O)O. The fourth-order valence-corrected chi connectivity index (χ4v) is 1.49. The van der Waals surface area contributed by atoms with Crippen molar-refractivity contribution in [3.05, 3.63) is 0 Å². The zero-order chi connectivity index (χ0) is 12.3. The summed E-state index contributed by atoms with van der Waals surface area (Å²) >= 11 is 0. The first-order valence-electron chi connectivity index (χ1n) is 5.31. The number of nitrogens with one attached hydrogen (secondary N) is 1. The molecule has 1 aliphatic rings. The molecule has 0 aromatic rings. The normalized spacial score (nSPS) is 24.7. The van der Waals surface area contributed by atoms with E-state index in [1.807, 2.05) is 0 Å². The van der Waals surface area contributed by atoms with Gasteiger partial charge in [-0.15, -0.1) is 0 Å². The summed E-state index contributed by atoms with van der Waals surface area (Å²) in [5.74, 6) is -0.112. The van der Waals surface area contributed by atoms with Crippen LogP contribution in [0.25, 0.3) is 0 Å². The van der Waals surface area contributed by atoms with E-state index in [-0.39, 0.29) is 12.6 Å². The molecule has 0 saturated heterocycles. The monoisotopic (exact) mass is 230 g/mol. The third-order valence-corrected chi connectivity index (χ3v) is 2.86. The summed E-state index contributed by atoms with van der Waals surface area (Å²) in [4.78, 5) is 23.3. The van der Waals surface area contributed by atoms with Gasteiger partial charge in [0.1, 0.15) is 0 Å². The van der Waals surface area contributed by atoms with Crippen molar-refractivity contribution in [3.8, 4) is 0 Å². The van der Waals surface area contributed by atoms with E-state index in [1.165, 1.54) is 4.90 Å². The second-order valence-corrected chi connectivity index (χ2v) is 4.39.